The maximum Gasteiger partial charge on any atom is 0.255 e. The van der Waals surface area contributed by atoms with E-state index in [1.165, 1.54) is 29.1 Å². The summed E-state index contributed by atoms with van der Waals surface area (Å²) in [7, 11) is 0. The van der Waals surface area contributed by atoms with E-state index in [1.54, 1.807) is 11.3 Å². The molecule has 6 heteroatoms. The molecule has 0 unspecified atom stereocenters. The van der Waals surface area contributed by atoms with E-state index in [0.29, 0.717) is 11.3 Å². The molecule has 2 aromatic carbocycles. The number of hydrogen-bond acceptors (Lipinski definition) is 4. The van der Waals surface area contributed by atoms with E-state index in [-0.39, 0.29) is 17.1 Å². The van der Waals surface area contributed by atoms with Crippen LogP contribution in [0.15, 0.2) is 54.7 Å². The molecule has 0 bridgehead atoms. The third kappa shape index (κ3) is 5.47. The second kappa shape index (κ2) is 8.63. The summed E-state index contributed by atoms with van der Waals surface area (Å²) in [6.45, 7) is 8.00. The highest BCUT2D eigenvalue weighted by molar-refractivity contribution is 7.11. The number of carbonyl (C=O) groups excluding carboxylic acids is 1. The first-order chi connectivity index (χ1) is 13.3. The molecule has 0 fully saturated rings. The van der Waals surface area contributed by atoms with Crippen LogP contribution in [0.4, 0.5) is 10.1 Å². The van der Waals surface area contributed by atoms with Crippen molar-refractivity contribution in [3.05, 3.63) is 81.6 Å². The highest BCUT2D eigenvalue weighted by Gasteiger charge is 2.17. The number of amides is 1. The van der Waals surface area contributed by atoms with Gasteiger partial charge in [0.25, 0.3) is 5.91 Å². The zero-order chi connectivity index (χ0) is 20.1. The fraction of sp³-hybridized carbons (Fsp3) is 0.273. The number of aromatic nitrogens is 1. The molecular weight excluding hydrogens is 373 g/mol. The fourth-order valence-corrected chi connectivity index (χ4v) is 3.52. The molecule has 3 aromatic rings. The number of nitrogens with zero attached hydrogens (tertiary/aromatic N) is 1. The molecule has 0 aliphatic carbocycles. The molecule has 0 spiro atoms. The molecule has 0 radical (unpaired) electrons. The molecule has 0 saturated carbocycles. The van der Waals surface area contributed by atoms with Crippen LogP contribution in [0.1, 0.15) is 46.6 Å². The minimum absolute atomic E-state index is 0.0805. The van der Waals surface area contributed by atoms with Crippen molar-refractivity contribution in [1.82, 2.24) is 10.3 Å². The van der Waals surface area contributed by atoms with Crippen LogP contribution in [-0.2, 0) is 18.5 Å². The van der Waals surface area contributed by atoms with Gasteiger partial charge in [0.15, 0.2) is 0 Å². The van der Waals surface area contributed by atoms with Crippen LogP contribution in [0.25, 0.3) is 0 Å². The minimum atomic E-state index is -0.360. The van der Waals surface area contributed by atoms with E-state index < -0.39 is 0 Å². The molecule has 1 heterocycles. The molecule has 0 saturated heterocycles. The topological polar surface area (TPSA) is 54.0 Å². The normalized spacial score (nSPS) is 11.4. The summed E-state index contributed by atoms with van der Waals surface area (Å²) >= 11 is 1.74. The summed E-state index contributed by atoms with van der Waals surface area (Å²) in [6.07, 6.45) is 1.94. The Labute approximate surface area is 168 Å². The third-order valence-corrected chi connectivity index (χ3v) is 5.56. The highest BCUT2D eigenvalue weighted by Crippen LogP contribution is 2.26. The Hall–Kier alpha value is -2.57. The van der Waals surface area contributed by atoms with Gasteiger partial charge in [0.1, 0.15) is 5.82 Å². The summed E-state index contributed by atoms with van der Waals surface area (Å²) in [5.74, 6) is -0.618. The van der Waals surface area contributed by atoms with Crippen molar-refractivity contribution < 1.29 is 9.18 Å². The third-order valence-electron chi connectivity index (χ3n) is 4.14. The average Bonchev–Trinajstić information content (AvgIpc) is 3.13. The fourth-order valence-electron chi connectivity index (χ4n) is 2.58. The predicted octanol–water partition coefficient (Wildman–Crippen LogP) is 5.12. The number of rotatable bonds is 6. The summed E-state index contributed by atoms with van der Waals surface area (Å²) < 4.78 is 12.9. The van der Waals surface area contributed by atoms with Gasteiger partial charge in [-0.2, -0.15) is 0 Å². The van der Waals surface area contributed by atoms with Crippen molar-refractivity contribution in [3.63, 3.8) is 0 Å². The molecule has 1 amide bonds. The van der Waals surface area contributed by atoms with Crippen LogP contribution in [-0.4, -0.2) is 10.9 Å². The van der Waals surface area contributed by atoms with E-state index in [2.05, 4.69) is 36.4 Å². The van der Waals surface area contributed by atoms with Crippen LogP contribution in [0.3, 0.4) is 0 Å². The highest BCUT2D eigenvalue weighted by atomic mass is 32.1. The van der Waals surface area contributed by atoms with Gasteiger partial charge in [0.05, 0.1) is 5.01 Å². The summed E-state index contributed by atoms with van der Waals surface area (Å²) in [6, 6.07) is 13.2. The Bertz CT molecular complexity index is 928. The lowest BCUT2D eigenvalue weighted by Gasteiger charge is -2.13. The Morgan fingerprint density at radius 3 is 2.32 bits per heavy atom. The molecule has 4 nitrogen and oxygen atoms in total. The van der Waals surface area contributed by atoms with E-state index in [0.717, 1.165) is 23.7 Å². The second-order valence-corrected chi connectivity index (χ2v) is 8.76. The lowest BCUT2D eigenvalue weighted by atomic mass is 9.98. The lowest BCUT2D eigenvalue weighted by Crippen LogP contribution is -2.13. The molecule has 1 aromatic heterocycles. The molecule has 0 atom stereocenters. The molecular formula is C22H24FN3OS. The van der Waals surface area contributed by atoms with Gasteiger partial charge in [0.2, 0.25) is 0 Å². The molecule has 2 N–H and O–H groups in total. The molecule has 28 heavy (non-hydrogen) atoms. The second-order valence-electron chi connectivity index (χ2n) is 7.64. The smallest absolute Gasteiger partial charge is 0.255 e. The number of anilines is 1. The van der Waals surface area contributed by atoms with Gasteiger partial charge in [-0.25, -0.2) is 9.37 Å². The van der Waals surface area contributed by atoms with Crippen molar-refractivity contribution in [1.29, 1.82) is 0 Å². The van der Waals surface area contributed by atoms with E-state index >= 15 is 0 Å². The van der Waals surface area contributed by atoms with Crippen molar-refractivity contribution in [2.45, 2.75) is 39.3 Å². The summed E-state index contributed by atoms with van der Waals surface area (Å²) in [5.41, 5.74) is 2.33. The van der Waals surface area contributed by atoms with Gasteiger partial charge < -0.3 is 10.6 Å². The van der Waals surface area contributed by atoms with Crippen LogP contribution in [0, 0.1) is 5.82 Å². The van der Waals surface area contributed by atoms with Crippen molar-refractivity contribution in [2.75, 3.05) is 5.32 Å². The van der Waals surface area contributed by atoms with Crippen LogP contribution >= 0.6 is 11.3 Å². The zero-order valence-electron chi connectivity index (χ0n) is 16.3. The number of halogens is 1. The Balaban J connectivity index is 1.49. The van der Waals surface area contributed by atoms with Gasteiger partial charge in [-0.1, -0.05) is 32.9 Å². The van der Waals surface area contributed by atoms with Gasteiger partial charge in [-0.05, 0) is 42.0 Å². The predicted molar refractivity (Wildman–Crippen MR) is 112 cm³/mol. The number of benzene rings is 2. The summed E-state index contributed by atoms with van der Waals surface area (Å²) in [5, 5.41) is 7.38. The zero-order valence-corrected chi connectivity index (χ0v) is 17.1. The first-order valence-corrected chi connectivity index (χ1v) is 9.95. The van der Waals surface area contributed by atoms with Crippen LogP contribution < -0.4 is 10.6 Å². The quantitative estimate of drug-likeness (QED) is 0.607. The number of hydrogen-bond donors (Lipinski definition) is 2. The Morgan fingerprint density at radius 2 is 1.71 bits per heavy atom. The number of carbonyl (C=O) groups is 1. The maximum absolute atomic E-state index is 12.9. The first-order valence-electron chi connectivity index (χ1n) is 9.13. The molecule has 3 rings (SSSR count). The SMILES string of the molecule is CC(C)(C)c1ncc(CNCc2ccc(NC(=O)c3ccc(F)cc3)cc2)s1. The van der Waals surface area contributed by atoms with E-state index in [1.807, 2.05) is 30.5 Å². The maximum atomic E-state index is 12.9. The largest absolute Gasteiger partial charge is 0.322 e. The number of nitrogens with one attached hydrogen (secondary N) is 2. The van der Waals surface area contributed by atoms with E-state index in [4.69, 9.17) is 0 Å². The molecule has 0 aliphatic heterocycles. The Kier molecular flexibility index (Phi) is 6.21. The van der Waals surface area contributed by atoms with Crippen molar-refractivity contribution in [2.24, 2.45) is 0 Å². The van der Waals surface area contributed by atoms with Gasteiger partial charge >= 0.3 is 0 Å². The number of thiazole rings is 1. The molecule has 0 aliphatic rings. The van der Waals surface area contributed by atoms with Crippen molar-refractivity contribution >= 4 is 22.9 Å². The van der Waals surface area contributed by atoms with Crippen LogP contribution in [0.5, 0.6) is 0 Å². The minimum Gasteiger partial charge on any atom is -0.322 e. The van der Waals surface area contributed by atoms with E-state index in [9.17, 15) is 9.18 Å². The Morgan fingerprint density at radius 1 is 1.04 bits per heavy atom. The van der Waals surface area contributed by atoms with Crippen molar-refractivity contribution in [3.8, 4) is 0 Å². The standard InChI is InChI=1S/C22H24FN3OS/c1-22(2,3)21-25-14-19(28-21)13-24-12-15-4-10-18(11-5-15)26-20(27)16-6-8-17(23)9-7-16/h4-11,14,24H,12-13H2,1-3H3,(H,26,27). The lowest BCUT2D eigenvalue weighted by molar-refractivity contribution is 0.102. The van der Waals surface area contributed by atoms with Crippen LogP contribution in [0.2, 0.25) is 0 Å². The summed E-state index contributed by atoms with van der Waals surface area (Å²) in [4.78, 5) is 17.9. The van der Waals surface area contributed by atoms with Gasteiger partial charge in [-0.3, -0.25) is 4.79 Å². The van der Waals surface area contributed by atoms with Gasteiger partial charge in [-0.15, -0.1) is 11.3 Å². The monoisotopic (exact) mass is 397 g/mol. The average molecular weight is 398 g/mol. The first kappa shape index (κ1) is 20.2. The molecule has 146 valence electrons. The van der Waals surface area contributed by atoms with Gasteiger partial charge in [0, 0.05) is 40.8 Å².